The molecule has 2 aromatic rings. The number of benzene rings is 2. The highest BCUT2D eigenvalue weighted by Gasteiger charge is 2.25. The summed E-state index contributed by atoms with van der Waals surface area (Å²) in [4.78, 5) is 37.2. The Morgan fingerprint density at radius 3 is 2.56 bits per heavy atom. The maximum absolute atomic E-state index is 13.1. The molecule has 0 saturated carbocycles. The van der Waals surface area contributed by atoms with Crippen molar-refractivity contribution in [3.63, 3.8) is 0 Å². The molecule has 0 saturated heterocycles. The van der Waals surface area contributed by atoms with Crippen LogP contribution in [0.15, 0.2) is 42.5 Å². The van der Waals surface area contributed by atoms with Crippen LogP contribution >= 0.6 is 0 Å². The number of carbonyl (C=O) groups is 3. The molecule has 2 amide bonds. The lowest BCUT2D eigenvalue weighted by molar-refractivity contribution is -0.137. The number of carboxylic acids is 1. The smallest absolute Gasteiger partial charge is 0.303 e. The molecule has 1 aliphatic rings. The first-order valence-electron chi connectivity index (χ1n) is 8.49. The third-order valence-electron chi connectivity index (χ3n) is 4.57. The van der Waals surface area contributed by atoms with E-state index in [-0.39, 0.29) is 24.7 Å². The quantitative estimate of drug-likeness (QED) is 0.818. The van der Waals surface area contributed by atoms with Gasteiger partial charge in [0.05, 0.1) is 6.42 Å². The van der Waals surface area contributed by atoms with E-state index in [0.717, 1.165) is 5.56 Å². The van der Waals surface area contributed by atoms with Gasteiger partial charge < -0.3 is 15.3 Å². The van der Waals surface area contributed by atoms with Crippen molar-refractivity contribution in [2.24, 2.45) is 0 Å². The van der Waals surface area contributed by atoms with Crippen LogP contribution in [0.4, 0.5) is 10.1 Å². The number of carboxylic acid groups (broad SMARTS) is 1. The molecule has 0 aliphatic carbocycles. The monoisotopic (exact) mass is 370 g/mol. The van der Waals surface area contributed by atoms with Gasteiger partial charge in [-0.25, -0.2) is 4.39 Å². The van der Waals surface area contributed by atoms with Crippen molar-refractivity contribution in [2.75, 3.05) is 12.4 Å². The first-order valence-corrected chi connectivity index (χ1v) is 8.49. The van der Waals surface area contributed by atoms with Gasteiger partial charge in [-0.15, -0.1) is 0 Å². The van der Waals surface area contributed by atoms with E-state index in [0.29, 0.717) is 23.4 Å². The molecule has 1 heterocycles. The van der Waals surface area contributed by atoms with E-state index in [1.54, 1.807) is 30.1 Å². The molecule has 3 rings (SSSR count). The van der Waals surface area contributed by atoms with E-state index in [9.17, 15) is 18.8 Å². The molecule has 2 N–H and O–H groups in total. The second-order valence-electron chi connectivity index (χ2n) is 6.63. The van der Waals surface area contributed by atoms with Crippen LogP contribution in [-0.4, -0.2) is 34.8 Å². The van der Waals surface area contributed by atoms with Gasteiger partial charge in [-0.3, -0.25) is 14.4 Å². The van der Waals surface area contributed by atoms with Gasteiger partial charge in [-0.05, 0) is 35.4 Å². The van der Waals surface area contributed by atoms with Crippen LogP contribution in [0.25, 0.3) is 0 Å². The molecule has 0 bridgehead atoms. The van der Waals surface area contributed by atoms with Crippen molar-refractivity contribution >= 4 is 23.5 Å². The number of fused-ring (bicyclic) bond motifs is 1. The molecule has 1 atom stereocenters. The molecule has 0 radical (unpaired) electrons. The molecular weight excluding hydrogens is 351 g/mol. The first-order chi connectivity index (χ1) is 12.8. The summed E-state index contributed by atoms with van der Waals surface area (Å²) in [6.07, 6.45) is -0.310. The number of anilines is 1. The number of carbonyl (C=O) groups excluding carboxylic acids is 2. The largest absolute Gasteiger partial charge is 0.481 e. The maximum atomic E-state index is 13.1. The zero-order valence-corrected chi connectivity index (χ0v) is 14.7. The normalized spacial score (nSPS) is 14.0. The van der Waals surface area contributed by atoms with Crippen LogP contribution in [0.2, 0.25) is 0 Å². The van der Waals surface area contributed by atoms with Crippen molar-refractivity contribution < 1.29 is 23.9 Å². The molecule has 7 heteroatoms. The van der Waals surface area contributed by atoms with Gasteiger partial charge in [0, 0.05) is 37.2 Å². The van der Waals surface area contributed by atoms with Crippen LogP contribution in [0, 0.1) is 5.82 Å². The Kier molecular flexibility index (Phi) is 5.21. The zero-order chi connectivity index (χ0) is 19.6. The van der Waals surface area contributed by atoms with Crippen LogP contribution in [0.1, 0.15) is 40.2 Å². The number of nitrogens with one attached hydrogen (secondary N) is 1. The number of halogens is 1. The Balaban J connectivity index is 1.72. The molecule has 140 valence electrons. The Morgan fingerprint density at radius 2 is 1.89 bits per heavy atom. The number of aliphatic carboxylic acids is 1. The van der Waals surface area contributed by atoms with Gasteiger partial charge in [0.25, 0.3) is 5.91 Å². The Morgan fingerprint density at radius 1 is 1.19 bits per heavy atom. The van der Waals surface area contributed by atoms with Gasteiger partial charge in [0.1, 0.15) is 5.82 Å². The third kappa shape index (κ3) is 4.31. The van der Waals surface area contributed by atoms with Crippen molar-refractivity contribution in [3.8, 4) is 0 Å². The van der Waals surface area contributed by atoms with E-state index >= 15 is 0 Å². The van der Waals surface area contributed by atoms with Crippen molar-refractivity contribution in [1.29, 1.82) is 0 Å². The van der Waals surface area contributed by atoms with Crippen LogP contribution in [-0.2, 0) is 16.1 Å². The molecule has 1 aliphatic heterocycles. The minimum absolute atomic E-state index is 0.0666. The minimum atomic E-state index is -1.04. The summed E-state index contributed by atoms with van der Waals surface area (Å²) in [6.45, 7) is 0.535. The fourth-order valence-electron chi connectivity index (χ4n) is 3.21. The van der Waals surface area contributed by atoms with Crippen molar-refractivity contribution in [2.45, 2.75) is 25.3 Å². The lowest BCUT2D eigenvalue weighted by Crippen LogP contribution is -2.18. The number of hydrogen-bond acceptors (Lipinski definition) is 3. The summed E-state index contributed by atoms with van der Waals surface area (Å²) < 4.78 is 13.1. The number of amides is 2. The van der Waals surface area contributed by atoms with Crippen molar-refractivity contribution in [3.05, 3.63) is 65.0 Å². The highest BCUT2D eigenvalue weighted by molar-refractivity contribution is 6.00. The lowest BCUT2D eigenvalue weighted by Gasteiger charge is -2.15. The van der Waals surface area contributed by atoms with E-state index in [1.807, 2.05) is 0 Å². The maximum Gasteiger partial charge on any atom is 0.303 e. The Hall–Kier alpha value is -3.22. The average Bonchev–Trinajstić information content (AvgIpc) is 2.89. The number of nitrogens with zero attached hydrogens (tertiary/aromatic N) is 1. The van der Waals surface area contributed by atoms with Gasteiger partial charge in [-0.2, -0.15) is 0 Å². The molecule has 1 unspecified atom stereocenters. The first kappa shape index (κ1) is 18.6. The van der Waals surface area contributed by atoms with E-state index in [1.165, 1.54) is 24.3 Å². The Labute approximate surface area is 155 Å². The molecule has 27 heavy (non-hydrogen) atoms. The molecule has 0 aromatic heterocycles. The van der Waals surface area contributed by atoms with Crippen LogP contribution in [0.5, 0.6) is 0 Å². The fourth-order valence-corrected chi connectivity index (χ4v) is 3.21. The second kappa shape index (κ2) is 7.57. The summed E-state index contributed by atoms with van der Waals surface area (Å²) in [6, 6.07) is 10.6. The number of hydrogen-bond donors (Lipinski definition) is 2. The van der Waals surface area contributed by atoms with Gasteiger partial charge in [0.2, 0.25) is 5.91 Å². The van der Waals surface area contributed by atoms with Gasteiger partial charge >= 0.3 is 5.97 Å². The average molecular weight is 370 g/mol. The summed E-state index contributed by atoms with van der Waals surface area (Å²) in [5, 5.41) is 11.8. The van der Waals surface area contributed by atoms with E-state index < -0.39 is 17.7 Å². The molecule has 0 fully saturated rings. The minimum Gasteiger partial charge on any atom is -0.481 e. The van der Waals surface area contributed by atoms with Crippen LogP contribution < -0.4 is 5.32 Å². The fraction of sp³-hybridized carbons (Fsp3) is 0.250. The molecule has 2 aromatic carbocycles. The second-order valence-corrected chi connectivity index (χ2v) is 6.63. The third-order valence-corrected chi connectivity index (χ3v) is 4.57. The van der Waals surface area contributed by atoms with Crippen molar-refractivity contribution in [1.82, 2.24) is 4.90 Å². The predicted octanol–water partition coefficient (Wildman–Crippen LogP) is 3.00. The number of rotatable bonds is 6. The Bertz CT molecular complexity index is 895. The summed E-state index contributed by atoms with van der Waals surface area (Å²) in [7, 11) is 1.71. The summed E-state index contributed by atoms with van der Waals surface area (Å²) in [5.41, 5.74) is 2.52. The van der Waals surface area contributed by atoms with Gasteiger partial charge in [-0.1, -0.05) is 18.2 Å². The molecule has 6 nitrogen and oxygen atoms in total. The highest BCUT2D eigenvalue weighted by atomic mass is 19.1. The van der Waals surface area contributed by atoms with E-state index in [2.05, 4.69) is 5.32 Å². The van der Waals surface area contributed by atoms with Gasteiger partial charge in [0.15, 0.2) is 0 Å². The molecular formula is C20H19FN2O4. The van der Waals surface area contributed by atoms with E-state index in [4.69, 9.17) is 5.11 Å². The zero-order valence-electron chi connectivity index (χ0n) is 14.7. The lowest BCUT2D eigenvalue weighted by atomic mass is 9.92. The highest BCUT2D eigenvalue weighted by Crippen LogP contribution is 2.27. The predicted molar refractivity (Wildman–Crippen MR) is 96.9 cm³/mol. The summed E-state index contributed by atoms with van der Waals surface area (Å²) >= 11 is 0. The SMILES string of the molecule is CN1Cc2ccc(NC(=O)CC(CC(=O)O)c3ccc(F)cc3)cc2C1=O. The summed E-state index contributed by atoms with van der Waals surface area (Å²) in [5.74, 6) is -2.51. The standard InChI is InChI=1S/C20H19FN2O4/c1-23-11-13-4-7-16(10-17(13)20(23)27)22-18(24)8-14(9-19(25)26)12-2-5-15(21)6-3-12/h2-7,10,14H,8-9,11H2,1H3,(H,22,24)(H,25,26). The van der Waals surface area contributed by atoms with Crippen LogP contribution in [0.3, 0.4) is 0 Å². The molecule has 0 spiro atoms. The topological polar surface area (TPSA) is 86.7 Å².